The summed E-state index contributed by atoms with van der Waals surface area (Å²) in [6.07, 6.45) is 2.48. The Morgan fingerprint density at radius 2 is 1.83 bits per heavy atom. The number of methoxy groups -OCH3 is 1. The van der Waals surface area contributed by atoms with Crippen molar-refractivity contribution in [1.29, 1.82) is 0 Å². The number of hydrogen-bond donors (Lipinski definition) is 0. The fourth-order valence-electron chi connectivity index (χ4n) is 4.65. The second-order valence-electron chi connectivity index (χ2n) is 8.87. The van der Waals surface area contributed by atoms with Crippen molar-refractivity contribution < 1.29 is 18.9 Å². The Hall–Kier alpha value is -3.19. The van der Waals surface area contributed by atoms with Crippen LogP contribution in [-0.4, -0.2) is 31.0 Å². The third-order valence-electron chi connectivity index (χ3n) is 6.48. The number of rotatable bonds is 9. The van der Waals surface area contributed by atoms with Crippen molar-refractivity contribution in [2.24, 2.45) is 5.10 Å². The van der Waals surface area contributed by atoms with Gasteiger partial charge in [-0.25, -0.2) is 5.01 Å². The van der Waals surface area contributed by atoms with Crippen molar-refractivity contribution in [2.75, 3.05) is 20.3 Å². The minimum atomic E-state index is -0.387. The van der Waals surface area contributed by atoms with Crippen LogP contribution in [0.1, 0.15) is 62.1 Å². The monoisotopic (exact) mass is 550 g/mol. The molecule has 2 aliphatic heterocycles. The van der Waals surface area contributed by atoms with Crippen LogP contribution < -0.4 is 18.9 Å². The maximum Gasteiger partial charge on any atom is 0.214 e. The summed E-state index contributed by atoms with van der Waals surface area (Å²) >= 11 is 3.63. The van der Waals surface area contributed by atoms with Crippen LogP contribution >= 0.6 is 15.9 Å². The highest BCUT2D eigenvalue weighted by atomic mass is 79.9. The average molecular weight is 551 g/mol. The predicted molar refractivity (Wildman–Crippen MR) is 144 cm³/mol. The molecule has 2 atom stereocenters. The van der Waals surface area contributed by atoms with Gasteiger partial charge in [0.1, 0.15) is 11.5 Å². The number of hydrazone groups is 1. The Morgan fingerprint density at radius 3 is 2.58 bits per heavy atom. The summed E-state index contributed by atoms with van der Waals surface area (Å²) in [6, 6.07) is 20.4. The topological polar surface area (TPSA) is 52.5 Å². The maximum absolute atomic E-state index is 6.54. The smallest absolute Gasteiger partial charge is 0.214 e. The van der Waals surface area contributed by atoms with Crippen LogP contribution in [0.3, 0.4) is 0 Å². The summed E-state index contributed by atoms with van der Waals surface area (Å²) in [5.41, 5.74) is 4.19. The molecule has 0 saturated heterocycles. The van der Waals surface area contributed by atoms with Gasteiger partial charge < -0.3 is 18.9 Å². The Balaban J connectivity index is 1.50. The zero-order chi connectivity index (χ0) is 25.1. The van der Waals surface area contributed by atoms with E-state index in [1.807, 2.05) is 49.4 Å². The molecule has 0 bridgehead atoms. The molecule has 0 amide bonds. The lowest BCUT2D eigenvalue weighted by molar-refractivity contribution is -0.0192. The van der Waals surface area contributed by atoms with Gasteiger partial charge in [0.15, 0.2) is 11.5 Å². The van der Waals surface area contributed by atoms with Crippen LogP contribution in [0.15, 0.2) is 70.2 Å². The summed E-state index contributed by atoms with van der Waals surface area (Å²) < 4.78 is 24.8. The van der Waals surface area contributed by atoms with Gasteiger partial charge in [-0.2, -0.15) is 5.10 Å². The van der Waals surface area contributed by atoms with Crippen molar-refractivity contribution in [3.8, 4) is 23.0 Å². The molecule has 0 radical (unpaired) electrons. The Labute approximate surface area is 220 Å². The van der Waals surface area contributed by atoms with Gasteiger partial charge in [0.25, 0.3) is 0 Å². The molecule has 0 spiro atoms. The lowest BCUT2D eigenvalue weighted by Gasteiger charge is -2.38. The number of fused-ring (bicyclic) bond motifs is 3. The first-order chi connectivity index (χ1) is 17.6. The minimum Gasteiger partial charge on any atom is -0.494 e. The van der Waals surface area contributed by atoms with E-state index in [0.29, 0.717) is 19.0 Å². The molecular weight excluding hydrogens is 520 g/mol. The largest absolute Gasteiger partial charge is 0.494 e. The van der Waals surface area contributed by atoms with Crippen LogP contribution in [0.4, 0.5) is 0 Å². The summed E-state index contributed by atoms with van der Waals surface area (Å²) in [5.74, 6) is 3.17. The number of halogens is 1. The Morgan fingerprint density at radius 1 is 1.00 bits per heavy atom. The highest BCUT2D eigenvalue weighted by Crippen LogP contribution is 2.49. The molecule has 0 aliphatic carbocycles. The van der Waals surface area contributed by atoms with Crippen LogP contribution in [0.2, 0.25) is 0 Å². The molecule has 0 saturated carbocycles. The maximum atomic E-state index is 6.54. The quantitative estimate of drug-likeness (QED) is 0.262. The zero-order valence-electron chi connectivity index (χ0n) is 20.9. The number of hydrogen-bond acceptors (Lipinski definition) is 6. The van der Waals surface area contributed by atoms with E-state index in [4.69, 9.17) is 24.0 Å². The highest BCUT2D eigenvalue weighted by Gasteiger charge is 2.41. The van der Waals surface area contributed by atoms with Gasteiger partial charge in [0, 0.05) is 22.0 Å². The van der Waals surface area contributed by atoms with E-state index in [-0.39, 0.29) is 12.3 Å². The molecule has 3 aromatic rings. The van der Waals surface area contributed by atoms with E-state index in [2.05, 4.69) is 46.1 Å². The molecule has 7 heteroatoms. The number of benzene rings is 3. The molecular formula is C29H31BrN2O4. The molecule has 0 fully saturated rings. The summed E-state index contributed by atoms with van der Waals surface area (Å²) in [5, 5.41) is 7.15. The fraction of sp³-hybridized carbons (Fsp3) is 0.345. The summed E-state index contributed by atoms with van der Waals surface area (Å²) in [6.45, 7) is 5.45. The first-order valence-corrected chi connectivity index (χ1v) is 13.3. The lowest BCUT2D eigenvalue weighted by Crippen LogP contribution is -2.33. The molecule has 2 aliphatic rings. The molecule has 0 aromatic heterocycles. The van der Waals surface area contributed by atoms with Crippen LogP contribution in [0.25, 0.3) is 0 Å². The molecule has 36 heavy (non-hydrogen) atoms. The van der Waals surface area contributed by atoms with Gasteiger partial charge in [-0.15, -0.1) is 0 Å². The van der Waals surface area contributed by atoms with Crippen molar-refractivity contribution in [3.63, 3.8) is 0 Å². The van der Waals surface area contributed by atoms with Gasteiger partial charge in [0.2, 0.25) is 6.23 Å². The normalized spacial score (nSPS) is 18.1. The van der Waals surface area contributed by atoms with E-state index < -0.39 is 0 Å². The standard InChI is InChI=1S/C29H31BrN2O4/c1-4-6-15-35-27-13-9-20(16-28(27)33-3)29-32-25(23-17-21(30)10-14-26(23)36-29)18-24(31-32)19-7-11-22(12-8-19)34-5-2/h7-14,16-17,25,29H,4-6,15,18H2,1-3H3. The SMILES string of the molecule is CCCCOc1ccc(C2Oc3ccc(Br)cc3C3CC(c4ccc(OCC)cc4)=NN32)cc1OC. The van der Waals surface area contributed by atoms with Gasteiger partial charge >= 0.3 is 0 Å². The summed E-state index contributed by atoms with van der Waals surface area (Å²) in [7, 11) is 1.67. The molecule has 188 valence electrons. The average Bonchev–Trinajstić information content (AvgIpc) is 3.35. The zero-order valence-corrected chi connectivity index (χ0v) is 22.5. The Kier molecular flexibility index (Phi) is 7.37. The molecule has 6 nitrogen and oxygen atoms in total. The van der Waals surface area contributed by atoms with Gasteiger partial charge in [-0.3, -0.25) is 0 Å². The molecule has 2 unspecified atom stereocenters. The number of nitrogens with zero attached hydrogens (tertiary/aromatic N) is 2. The van der Waals surface area contributed by atoms with Crippen LogP contribution in [0, 0.1) is 0 Å². The molecule has 5 rings (SSSR count). The molecule has 3 aromatic carbocycles. The minimum absolute atomic E-state index is 0.0595. The predicted octanol–water partition coefficient (Wildman–Crippen LogP) is 7.28. The Bertz CT molecular complexity index is 1240. The van der Waals surface area contributed by atoms with E-state index in [0.717, 1.165) is 63.4 Å². The second kappa shape index (κ2) is 10.8. The number of ether oxygens (including phenoxy) is 4. The van der Waals surface area contributed by atoms with Crippen molar-refractivity contribution in [1.82, 2.24) is 5.01 Å². The fourth-order valence-corrected chi connectivity index (χ4v) is 5.03. The second-order valence-corrected chi connectivity index (χ2v) is 9.78. The van der Waals surface area contributed by atoms with Crippen molar-refractivity contribution in [3.05, 3.63) is 81.8 Å². The van der Waals surface area contributed by atoms with E-state index in [1.54, 1.807) is 7.11 Å². The van der Waals surface area contributed by atoms with Gasteiger partial charge in [-0.05, 0) is 79.6 Å². The number of unbranched alkanes of at least 4 members (excludes halogenated alkanes) is 1. The van der Waals surface area contributed by atoms with Gasteiger partial charge in [-0.1, -0.05) is 29.3 Å². The first-order valence-electron chi connectivity index (χ1n) is 12.5. The highest BCUT2D eigenvalue weighted by molar-refractivity contribution is 9.10. The third-order valence-corrected chi connectivity index (χ3v) is 6.97. The van der Waals surface area contributed by atoms with Crippen LogP contribution in [-0.2, 0) is 0 Å². The van der Waals surface area contributed by atoms with E-state index >= 15 is 0 Å². The lowest BCUT2D eigenvalue weighted by atomic mass is 9.96. The van der Waals surface area contributed by atoms with Gasteiger partial charge in [0.05, 0.1) is 32.1 Å². The summed E-state index contributed by atoms with van der Waals surface area (Å²) in [4.78, 5) is 0. The van der Waals surface area contributed by atoms with E-state index in [1.165, 1.54) is 0 Å². The van der Waals surface area contributed by atoms with Crippen molar-refractivity contribution >= 4 is 21.6 Å². The van der Waals surface area contributed by atoms with E-state index in [9.17, 15) is 0 Å². The molecule has 0 N–H and O–H groups in total. The third kappa shape index (κ3) is 4.89. The van der Waals surface area contributed by atoms with Crippen molar-refractivity contribution in [2.45, 2.75) is 45.4 Å². The molecule has 2 heterocycles. The first kappa shape index (κ1) is 24.5. The van der Waals surface area contributed by atoms with Crippen LogP contribution in [0.5, 0.6) is 23.0 Å².